The maximum absolute atomic E-state index is 10.2. The maximum atomic E-state index is 10.2. The van der Waals surface area contributed by atoms with Crippen molar-refractivity contribution >= 4 is 6.29 Å². The number of carbonyl (C=O) groups excluding carboxylic acids is 1. The zero-order valence-electron chi connectivity index (χ0n) is 7.70. The summed E-state index contributed by atoms with van der Waals surface area (Å²) in [5.74, 6) is 0.713. The first-order chi connectivity index (χ1) is 5.86. The van der Waals surface area contributed by atoms with Crippen LogP contribution in [0.25, 0.3) is 0 Å². The molecule has 0 unspecified atom stereocenters. The average molecular weight is 166 g/mol. The lowest BCUT2D eigenvalue weighted by atomic mass is 10.2. The third kappa shape index (κ3) is 3.19. The molecule has 2 nitrogen and oxygen atoms in total. The number of methoxy groups -OCH3 is 1. The van der Waals surface area contributed by atoms with E-state index in [0.717, 1.165) is 6.29 Å². The SMILES string of the molecule is CC.COc1cccc(C=O)c1. The van der Waals surface area contributed by atoms with Crippen molar-refractivity contribution in [3.05, 3.63) is 29.8 Å². The summed E-state index contributed by atoms with van der Waals surface area (Å²) in [5, 5.41) is 0. The van der Waals surface area contributed by atoms with Gasteiger partial charge in [0.25, 0.3) is 0 Å². The van der Waals surface area contributed by atoms with Crippen molar-refractivity contribution in [3.8, 4) is 5.75 Å². The van der Waals surface area contributed by atoms with Crippen LogP contribution in [0.15, 0.2) is 24.3 Å². The standard InChI is InChI=1S/C8H8O2.C2H6/c1-10-8-4-2-3-7(5-8)6-9;1-2/h2-6H,1H3;1-2H3. The molecule has 1 rings (SSSR count). The molecule has 0 N–H and O–H groups in total. The Morgan fingerprint density at radius 3 is 2.50 bits per heavy atom. The first-order valence-electron chi connectivity index (χ1n) is 3.96. The molecule has 1 aromatic carbocycles. The van der Waals surface area contributed by atoms with E-state index in [1.165, 1.54) is 0 Å². The lowest BCUT2D eigenvalue weighted by molar-refractivity contribution is 0.112. The Kier molecular flexibility index (Phi) is 5.70. The second kappa shape index (κ2) is 6.40. The van der Waals surface area contributed by atoms with E-state index in [2.05, 4.69) is 0 Å². The quantitative estimate of drug-likeness (QED) is 0.631. The zero-order chi connectivity index (χ0) is 9.40. The summed E-state index contributed by atoms with van der Waals surface area (Å²) in [6, 6.07) is 7.00. The Morgan fingerprint density at radius 2 is 2.00 bits per heavy atom. The van der Waals surface area contributed by atoms with Crippen molar-refractivity contribution in [1.82, 2.24) is 0 Å². The van der Waals surface area contributed by atoms with E-state index < -0.39 is 0 Å². The van der Waals surface area contributed by atoms with Gasteiger partial charge in [0.15, 0.2) is 0 Å². The van der Waals surface area contributed by atoms with E-state index >= 15 is 0 Å². The van der Waals surface area contributed by atoms with Gasteiger partial charge in [0, 0.05) is 5.56 Å². The predicted octanol–water partition coefficient (Wildman–Crippen LogP) is 2.53. The van der Waals surface area contributed by atoms with Crippen molar-refractivity contribution in [1.29, 1.82) is 0 Å². The van der Waals surface area contributed by atoms with Gasteiger partial charge in [-0.15, -0.1) is 0 Å². The molecule has 0 aliphatic carbocycles. The maximum Gasteiger partial charge on any atom is 0.150 e. The molecule has 0 bridgehead atoms. The van der Waals surface area contributed by atoms with E-state index in [9.17, 15) is 4.79 Å². The van der Waals surface area contributed by atoms with Gasteiger partial charge < -0.3 is 4.74 Å². The van der Waals surface area contributed by atoms with Gasteiger partial charge in [0.05, 0.1) is 7.11 Å². The fourth-order valence-corrected chi connectivity index (χ4v) is 0.715. The van der Waals surface area contributed by atoms with Gasteiger partial charge >= 0.3 is 0 Å². The van der Waals surface area contributed by atoms with E-state index in [-0.39, 0.29) is 0 Å². The van der Waals surface area contributed by atoms with E-state index in [0.29, 0.717) is 11.3 Å². The number of ether oxygens (including phenoxy) is 1. The summed E-state index contributed by atoms with van der Waals surface area (Å²) in [6.07, 6.45) is 0.794. The van der Waals surface area contributed by atoms with Gasteiger partial charge in [0.1, 0.15) is 12.0 Å². The highest BCUT2D eigenvalue weighted by atomic mass is 16.5. The molecular formula is C10H14O2. The topological polar surface area (TPSA) is 26.3 Å². The highest BCUT2D eigenvalue weighted by Crippen LogP contribution is 2.10. The first-order valence-corrected chi connectivity index (χ1v) is 3.96. The number of benzene rings is 1. The van der Waals surface area contributed by atoms with E-state index in [4.69, 9.17) is 4.74 Å². The number of hydrogen-bond donors (Lipinski definition) is 0. The molecule has 0 aliphatic rings. The van der Waals surface area contributed by atoms with Crippen LogP contribution in [0, 0.1) is 0 Å². The Balaban J connectivity index is 0.000000561. The summed E-state index contributed by atoms with van der Waals surface area (Å²) in [4.78, 5) is 10.2. The molecule has 0 spiro atoms. The summed E-state index contributed by atoms with van der Waals surface area (Å²) < 4.78 is 4.90. The minimum atomic E-state index is 0.638. The van der Waals surface area contributed by atoms with Crippen LogP contribution in [0.4, 0.5) is 0 Å². The third-order valence-corrected chi connectivity index (χ3v) is 1.23. The molecule has 0 saturated heterocycles. The van der Waals surface area contributed by atoms with Crippen molar-refractivity contribution in [3.63, 3.8) is 0 Å². The molecule has 0 aliphatic heterocycles. The zero-order valence-corrected chi connectivity index (χ0v) is 7.70. The van der Waals surface area contributed by atoms with Crippen LogP contribution in [0.1, 0.15) is 24.2 Å². The Labute approximate surface area is 73.2 Å². The summed E-state index contributed by atoms with van der Waals surface area (Å²) in [6.45, 7) is 4.00. The van der Waals surface area contributed by atoms with Gasteiger partial charge in [-0.2, -0.15) is 0 Å². The first kappa shape index (κ1) is 10.7. The Morgan fingerprint density at radius 1 is 1.33 bits per heavy atom. The van der Waals surface area contributed by atoms with Gasteiger partial charge in [0.2, 0.25) is 0 Å². The minimum Gasteiger partial charge on any atom is -0.497 e. The van der Waals surface area contributed by atoms with Gasteiger partial charge in [-0.25, -0.2) is 0 Å². The molecular weight excluding hydrogens is 152 g/mol. The molecule has 0 heterocycles. The molecule has 0 aromatic heterocycles. The highest BCUT2D eigenvalue weighted by molar-refractivity contribution is 5.75. The van der Waals surface area contributed by atoms with Crippen LogP contribution in [-0.2, 0) is 0 Å². The molecule has 0 atom stereocenters. The third-order valence-electron chi connectivity index (χ3n) is 1.23. The number of hydrogen-bond acceptors (Lipinski definition) is 2. The fraction of sp³-hybridized carbons (Fsp3) is 0.300. The van der Waals surface area contributed by atoms with Crippen molar-refractivity contribution < 1.29 is 9.53 Å². The second-order valence-corrected chi connectivity index (χ2v) is 1.89. The van der Waals surface area contributed by atoms with Crippen LogP contribution < -0.4 is 4.74 Å². The lowest BCUT2D eigenvalue weighted by Gasteiger charge is -1.97. The van der Waals surface area contributed by atoms with Crippen LogP contribution in [0.3, 0.4) is 0 Å². The summed E-state index contributed by atoms with van der Waals surface area (Å²) >= 11 is 0. The molecule has 0 fully saturated rings. The number of aldehydes is 1. The highest BCUT2D eigenvalue weighted by Gasteiger charge is 1.90. The van der Waals surface area contributed by atoms with E-state index in [1.54, 1.807) is 31.4 Å². The van der Waals surface area contributed by atoms with Gasteiger partial charge in [-0.05, 0) is 12.1 Å². The van der Waals surface area contributed by atoms with Crippen LogP contribution >= 0.6 is 0 Å². The van der Waals surface area contributed by atoms with Crippen molar-refractivity contribution in [2.75, 3.05) is 7.11 Å². The normalized spacial score (nSPS) is 7.92. The van der Waals surface area contributed by atoms with Crippen molar-refractivity contribution in [2.45, 2.75) is 13.8 Å². The molecule has 0 radical (unpaired) electrons. The fourth-order valence-electron chi connectivity index (χ4n) is 0.715. The molecule has 2 heteroatoms. The predicted molar refractivity (Wildman–Crippen MR) is 49.7 cm³/mol. The van der Waals surface area contributed by atoms with Crippen LogP contribution in [0.5, 0.6) is 5.75 Å². The monoisotopic (exact) mass is 166 g/mol. The lowest BCUT2D eigenvalue weighted by Crippen LogP contribution is -1.84. The molecule has 0 amide bonds. The minimum absolute atomic E-state index is 0.638. The van der Waals surface area contributed by atoms with Gasteiger partial charge in [-0.1, -0.05) is 26.0 Å². The average Bonchev–Trinajstić information content (AvgIpc) is 2.21. The summed E-state index contributed by atoms with van der Waals surface area (Å²) in [7, 11) is 1.57. The van der Waals surface area contributed by atoms with Crippen LogP contribution in [0.2, 0.25) is 0 Å². The molecule has 1 aromatic rings. The van der Waals surface area contributed by atoms with E-state index in [1.807, 2.05) is 13.8 Å². The number of rotatable bonds is 2. The van der Waals surface area contributed by atoms with Crippen molar-refractivity contribution in [2.24, 2.45) is 0 Å². The second-order valence-electron chi connectivity index (χ2n) is 1.89. The Bertz CT molecular complexity index is 231. The van der Waals surface area contributed by atoms with Crippen LogP contribution in [-0.4, -0.2) is 13.4 Å². The Hall–Kier alpha value is -1.31. The smallest absolute Gasteiger partial charge is 0.150 e. The molecule has 66 valence electrons. The summed E-state index contributed by atoms with van der Waals surface area (Å²) in [5.41, 5.74) is 0.638. The van der Waals surface area contributed by atoms with Gasteiger partial charge in [-0.3, -0.25) is 4.79 Å². The molecule has 12 heavy (non-hydrogen) atoms. The largest absolute Gasteiger partial charge is 0.497 e. The molecule has 0 saturated carbocycles. The number of carbonyl (C=O) groups is 1.